The third-order valence-corrected chi connectivity index (χ3v) is 4.76. The van der Waals surface area contributed by atoms with Crippen molar-refractivity contribution in [2.75, 3.05) is 26.2 Å². The average Bonchev–Trinajstić information content (AvgIpc) is 3.41. The maximum absolute atomic E-state index is 8.90. The topological polar surface area (TPSA) is 76.6 Å². The Hall–Kier alpha value is -2.05. The van der Waals surface area contributed by atoms with Gasteiger partial charge in [-0.05, 0) is 62.7 Å². The van der Waals surface area contributed by atoms with Gasteiger partial charge in [-0.25, -0.2) is 4.99 Å². The molecule has 2 N–H and O–H groups in total. The molecule has 2 aromatic rings. The van der Waals surface area contributed by atoms with Crippen molar-refractivity contribution >= 4 is 29.9 Å². The molecule has 0 bridgehead atoms. The number of halogens is 1. The van der Waals surface area contributed by atoms with Crippen LogP contribution >= 0.6 is 24.0 Å². The minimum Gasteiger partial charge on any atom is -0.468 e. The molecule has 0 radical (unpaired) electrons. The minimum absolute atomic E-state index is 0. The lowest BCUT2D eigenvalue weighted by molar-refractivity contribution is 0.215. The molecule has 6 nitrogen and oxygen atoms in total. The molecule has 1 aromatic heterocycles. The minimum atomic E-state index is 0. The highest BCUT2D eigenvalue weighted by Crippen LogP contribution is 2.24. The molecule has 1 saturated heterocycles. The molecule has 1 fully saturated rings. The second kappa shape index (κ2) is 11.7. The summed E-state index contributed by atoms with van der Waals surface area (Å²) in [4.78, 5) is 7.15. The molecule has 150 valence electrons. The van der Waals surface area contributed by atoms with Gasteiger partial charge < -0.3 is 15.1 Å². The van der Waals surface area contributed by atoms with Crippen LogP contribution in [0.5, 0.6) is 0 Å². The van der Waals surface area contributed by atoms with Gasteiger partial charge in [0.2, 0.25) is 0 Å². The number of likely N-dealkylation sites (tertiary alicyclic amines) is 1. The number of hydrogen-bond acceptors (Lipinski definition) is 4. The van der Waals surface area contributed by atoms with Crippen molar-refractivity contribution in [1.29, 1.82) is 5.26 Å². The summed E-state index contributed by atoms with van der Waals surface area (Å²) in [6, 6.07) is 13.9. The molecule has 2 heterocycles. The van der Waals surface area contributed by atoms with Gasteiger partial charge in [-0.15, -0.1) is 24.0 Å². The molecule has 1 aromatic carbocycles. The quantitative estimate of drug-likeness (QED) is 0.350. The van der Waals surface area contributed by atoms with Gasteiger partial charge in [0, 0.05) is 13.1 Å². The number of aliphatic imine (C=N–C) groups is 1. The first-order chi connectivity index (χ1) is 13.3. The van der Waals surface area contributed by atoms with E-state index in [0.29, 0.717) is 12.1 Å². The number of hydrogen-bond donors (Lipinski definition) is 2. The van der Waals surface area contributed by atoms with E-state index in [1.807, 2.05) is 36.4 Å². The average molecular weight is 493 g/mol. The molecule has 0 amide bonds. The predicted octanol–water partition coefficient (Wildman–Crippen LogP) is 3.66. The van der Waals surface area contributed by atoms with Gasteiger partial charge in [-0.2, -0.15) is 5.26 Å². The maximum Gasteiger partial charge on any atom is 0.191 e. The number of nitriles is 1. The lowest BCUT2D eigenvalue weighted by atomic mass is 10.1. The van der Waals surface area contributed by atoms with Crippen LogP contribution < -0.4 is 10.6 Å². The van der Waals surface area contributed by atoms with E-state index in [2.05, 4.69) is 33.5 Å². The molecule has 3 rings (SSSR count). The fraction of sp³-hybridized carbons (Fsp3) is 0.429. The molecule has 1 aliphatic heterocycles. The summed E-state index contributed by atoms with van der Waals surface area (Å²) in [7, 11) is 0. The van der Waals surface area contributed by atoms with Gasteiger partial charge in [0.15, 0.2) is 5.96 Å². The van der Waals surface area contributed by atoms with E-state index in [-0.39, 0.29) is 30.0 Å². The first kappa shape index (κ1) is 22.2. The number of guanidine groups is 1. The Morgan fingerprint density at radius 2 is 1.96 bits per heavy atom. The lowest BCUT2D eigenvalue weighted by Gasteiger charge is -2.26. The summed E-state index contributed by atoms with van der Waals surface area (Å²) in [6.45, 7) is 6.37. The predicted molar refractivity (Wildman–Crippen MR) is 122 cm³/mol. The van der Waals surface area contributed by atoms with Gasteiger partial charge in [0.05, 0.1) is 30.5 Å². The number of nitrogens with one attached hydrogen (secondary N) is 2. The van der Waals surface area contributed by atoms with E-state index in [1.54, 1.807) is 6.26 Å². The van der Waals surface area contributed by atoms with Crippen molar-refractivity contribution in [2.45, 2.75) is 32.4 Å². The molecule has 1 unspecified atom stereocenters. The highest BCUT2D eigenvalue weighted by atomic mass is 127. The van der Waals surface area contributed by atoms with Gasteiger partial charge >= 0.3 is 0 Å². The first-order valence-electron chi connectivity index (χ1n) is 9.59. The molecular weight excluding hydrogens is 465 g/mol. The Morgan fingerprint density at radius 3 is 2.57 bits per heavy atom. The van der Waals surface area contributed by atoms with Crippen LogP contribution in [0.2, 0.25) is 0 Å². The Bertz CT molecular complexity index is 761. The van der Waals surface area contributed by atoms with Crippen molar-refractivity contribution in [3.05, 3.63) is 59.5 Å². The number of furan rings is 1. The Balaban J connectivity index is 0.00000280. The molecule has 1 atom stereocenters. The second-order valence-electron chi connectivity index (χ2n) is 6.66. The fourth-order valence-electron chi connectivity index (χ4n) is 3.33. The maximum atomic E-state index is 8.90. The Morgan fingerprint density at radius 1 is 1.21 bits per heavy atom. The van der Waals surface area contributed by atoms with Crippen molar-refractivity contribution in [2.24, 2.45) is 4.99 Å². The van der Waals surface area contributed by atoms with E-state index in [9.17, 15) is 0 Å². The van der Waals surface area contributed by atoms with Crippen LogP contribution in [0.4, 0.5) is 0 Å². The smallest absolute Gasteiger partial charge is 0.191 e. The van der Waals surface area contributed by atoms with Crippen molar-refractivity contribution in [3.8, 4) is 6.07 Å². The third-order valence-electron chi connectivity index (χ3n) is 4.76. The molecule has 1 aliphatic rings. The van der Waals surface area contributed by atoms with Crippen molar-refractivity contribution in [3.63, 3.8) is 0 Å². The van der Waals surface area contributed by atoms with Crippen LogP contribution in [0.1, 0.15) is 42.7 Å². The second-order valence-corrected chi connectivity index (χ2v) is 6.66. The van der Waals surface area contributed by atoms with E-state index in [1.165, 1.54) is 12.8 Å². The zero-order chi connectivity index (χ0) is 18.9. The van der Waals surface area contributed by atoms with Crippen molar-refractivity contribution in [1.82, 2.24) is 15.5 Å². The third kappa shape index (κ3) is 6.24. The fourth-order valence-corrected chi connectivity index (χ4v) is 3.33. The van der Waals surface area contributed by atoms with Crippen LogP contribution in [0.15, 0.2) is 52.1 Å². The highest BCUT2D eigenvalue weighted by molar-refractivity contribution is 14.0. The van der Waals surface area contributed by atoms with Crippen LogP contribution in [0.3, 0.4) is 0 Å². The number of rotatable bonds is 7. The summed E-state index contributed by atoms with van der Waals surface area (Å²) in [6.07, 6.45) is 4.22. The van der Waals surface area contributed by atoms with Crippen LogP contribution in [0, 0.1) is 11.3 Å². The van der Waals surface area contributed by atoms with Gasteiger partial charge in [0.1, 0.15) is 5.76 Å². The van der Waals surface area contributed by atoms with Crippen molar-refractivity contribution < 1.29 is 4.42 Å². The molecule has 0 spiro atoms. The largest absolute Gasteiger partial charge is 0.468 e. The summed E-state index contributed by atoms with van der Waals surface area (Å²) in [5, 5.41) is 15.7. The van der Waals surface area contributed by atoms with Gasteiger partial charge in [-0.3, -0.25) is 4.90 Å². The Labute approximate surface area is 184 Å². The van der Waals surface area contributed by atoms with Crippen LogP contribution in [-0.4, -0.2) is 37.0 Å². The van der Waals surface area contributed by atoms with Crippen LogP contribution in [-0.2, 0) is 6.54 Å². The first-order valence-corrected chi connectivity index (χ1v) is 9.59. The lowest BCUT2D eigenvalue weighted by Crippen LogP contribution is -2.42. The van der Waals surface area contributed by atoms with E-state index >= 15 is 0 Å². The highest BCUT2D eigenvalue weighted by Gasteiger charge is 2.25. The number of nitrogens with zero attached hydrogens (tertiary/aromatic N) is 3. The summed E-state index contributed by atoms with van der Waals surface area (Å²) >= 11 is 0. The van der Waals surface area contributed by atoms with Gasteiger partial charge in [-0.1, -0.05) is 12.1 Å². The van der Waals surface area contributed by atoms with E-state index < -0.39 is 0 Å². The summed E-state index contributed by atoms with van der Waals surface area (Å²) in [5.41, 5.74) is 1.74. The van der Waals surface area contributed by atoms with Crippen LogP contribution in [0.25, 0.3) is 0 Å². The van der Waals surface area contributed by atoms with E-state index in [4.69, 9.17) is 9.68 Å². The summed E-state index contributed by atoms with van der Waals surface area (Å²) < 4.78 is 5.68. The summed E-state index contributed by atoms with van der Waals surface area (Å²) in [5.74, 6) is 1.78. The van der Waals surface area contributed by atoms with Gasteiger partial charge in [0.25, 0.3) is 0 Å². The zero-order valence-corrected chi connectivity index (χ0v) is 18.6. The standard InChI is InChI=1S/C21H27N5O.HI/c1-2-23-21(24-15-18-9-7-17(14-22)8-10-18)25-16-19(20-6-5-13-27-20)26-11-3-4-12-26;/h5-10,13,19H,2-4,11-12,15-16H2,1H3,(H2,23,24,25);1H. The zero-order valence-electron chi connectivity index (χ0n) is 16.2. The number of benzene rings is 1. The molecule has 28 heavy (non-hydrogen) atoms. The molecule has 7 heteroatoms. The van der Waals surface area contributed by atoms with E-state index in [0.717, 1.165) is 43.5 Å². The monoisotopic (exact) mass is 493 g/mol. The molecular formula is C21H28IN5O. The molecule has 0 saturated carbocycles. The Kier molecular flexibility index (Phi) is 9.31. The SMILES string of the molecule is CCNC(=NCc1ccc(C#N)cc1)NCC(c1ccco1)N1CCCC1.I. The molecule has 0 aliphatic carbocycles. The normalized spacial score (nSPS) is 15.5.